The molecule has 94 valence electrons. The number of thiophene rings is 1. The SMILES string of the molecule is NC(=O)NCCNCc1ccc(CC(=O)O)s1. The van der Waals surface area contributed by atoms with Crippen LogP contribution in [-0.4, -0.2) is 30.2 Å². The maximum Gasteiger partial charge on any atom is 0.312 e. The molecule has 1 rings (SSSR count). The Bertz CT molecular complexity index is 392. The summed E-state index contributed by atoms with van der Waals surface area (Å²) in [6.07, 6.45) is 0.0634. The van der Waals surface area contributed by atoms with Crippen molar-refractivity contribution in [2.24, 2.45) is 5.73 Å². The fraction of sp³-hybridized carbons (Fsp3) is 0.400. The first kappa shape index (κ1) is 13.5. The fourth-order valence-electron chi connectivity index (χ4n) is 1.25. The molecule has 6 nitrogen and oxygen atoms in total. The largest absolute Gasteiger partial charge is 0.481 e. The highest BCUT2D eigenvalue weighted by atomic mass is 32.1. The minimum Gasteiger partial charge on any atom is -0.481 e. The lowest BCUT2D eigenvalue weighted by Gasteiger charge is -2.03. The molecule has 0 aliphatic rings. The molecule has 0 aromatic carbocycles. The van der Waals surface area contributed by atoms with E-state index in [0.29, 0.717) is 19.6 Å². The van der Waals surface area contributed by atoms with Crippen LogP contribution >= 0.6 is 11.3 Å². The van der Waals surface area contributed by atoms with Crippen molar-refractivity contribution in [3.05, 3.63) is 21.9 Å². The maximum atomic E-state index is 10.5. The Morgan fingerprint density at radius 2 is 2.00 bits per heavy atom. The average Bonchev–Trinajstić information content (AvgIpc) is 2.63. The predicted molar refractivity (Wildman–Crippen MR) is 65.0 cm³/mol. The van der Waals surface area contributed by atoms with Crippen molar-refractivity contribution in [1.29, 1.82) is 0 Å². The summed E-state index contributed by atoms with van der Waals surface area (Å²) in [7, 11) is 0. The number of urea groups is 1. The van der Waals surface area contributed by atoms with E-state index >= 15 is 0 Å². The number of nitrogens with one attached hydrogen (secondary N) is 2. The molecule has 2 amide bonds. The molecule has 0 saturated carbocycles. The van der Waals surface area contributed by atoms with Crippen molar-refractivity contribution < 1.29 is 14.7 Å². The Morgan fingerprint density at radius 3 is 2.65 bits per heavy atom. The van der Waals surface area contributed by atoms with E-state index in [1.54, 1.807) is 0 Å². The van der Waals surface area contributed by atoms with Gasteiger partial charge in [-0.3, -0.25) is 4.79 Å². The monoisotopic (exact) mass is 257 g/mol. The Balaban J connectivity index is 2.21. The zero-order chi connectivity index (χ0) is 12.7. The van der Waals surface area contributed by atoms with Crippen molar-refractivity contribution in [1.82, 2.24) is 10.6 Å². The molecule has 5 N–H and O–H groups in total. The van der Waals surface area contributed by atoms with Gasteiger partial charge >= 0.3 is 12.0 Å². The molecule has 7 heteroatoms. The Hall–Kier alpha value is -1.60. The summed E-state index contributed by atoms with van der Waals surface area (Å²) >= 11 is 1.47. The van der Waals surface area contributed by atoms with Crippen LogP contribution in [0.15, 0.2) is 12.1 Å². The molecule has 1 aromatic rings. The number of carboxylic acids is 1. The highest BCUT2D eigenvalue weighted by molar-refractivity contribution is 7.12. The van der Waals surface area contributed by atoms with Gasteiger partial charge in [-0.2, -0.15) is 0 Å². The molecule has 0 spiro atoms. The number of primary amides is 1. The standard InChI is InChI=1S/C10H15N3O3S/c11-10(16)13-4-3-12-6-8-2-1-7(17-8)5-9(14)15/h1-2,12H,3-6H2,(H,14,15)(H3,11,13,16). The predicted octanol–water partition coefficient (Wildman–Crippen LogP) is 0.133. The molecule has 0 saturated heterocycles. The van der Waals surface area contributed by atoms with Crippen LogP contribution in [0.25, 0.3) is 0 Å². The molecule has 0 atom stereocenters. The molecule has 0 fully saturated rings. The van der Waals surface area contributed by atoms with E-state index in [2.05, 4.69) is 10.6 Å². The zero-order valence-electron chi connectivity index (χ0n) is 9.23. The summed E-state index contributed by atoms with van der Waals surface area (Å²) in [5.41, 5.74) is 4.90. The van der Waals surface area contributed by atoms with E-state index in [1.165, 1.54) is 11.3 Å². The zero-order valence-corrected chi connectivity index (χ0v) is 10.0. The van der Waals surface area contributed by atoms with E-state index in [1.807, 2.05) is 12.1 Å². The lowest BCUT2D eigenvalue weighted by atomic mass is 10.3. The number of nitrogens with two attached hydrogens (primary N) is 1. The first-order valence-corrected chi connectivity index (χ1v) is 5.93. The maximum absolute atomic E-state index is 10.5. The topological polar surface area (TPSA) is 104 Å². The second kappa shape index (κ2) is 6.87. The lowest BCUT2D eigenvalue weighted by molar-refractivity contribution is -0.136. The third-order valence-electron chi connectivity index (χ3n) is 1.94. The van der Waals surface area contributed by atoms with Crippen molar-refractivity contribution in [3.63, 3.8) is 0 Å². The average molecular weight is 257 g/mol. The third-order valence-corrected chi connectivity index (χ3v) is 3.03. The summed E-state index contributed by atoms with van der Waals surface area (Å²) in [4.78, 5) is 22.8. The van der Waals surface area contributed by atoms with Crippen LogP contribution in [0.2, 0.25) is 0 Å². The van der Waals surface area contributed by atoms with Gasteiger partial charge in [0.1, 0.15) is 0 Å². The van der Waals surface area contributed by atoms with Gasteiger partial charge in [-0.05, 0) is 12.1 Å². The van der Waals surface area contributed by atoms with E-state index < -0.39 is 12.0 Å². The molecule has 0 aliphatic carbocycles. The van der Waals surface area contributed by atoms with Gasteiger partial charge in [0, 0.05) is 29.4 Å². The summed E-state index contributed by atoms with van der Waals surface area (Å²) in [6, 6.07) is 3.18. The number of aliphatic carboxylic acids is 1. The third kappa shape index (κ3) is 5.88. The van der Waals surface area contributed by atoms with Crippen LogP contribution in [0.4, 0.5) is 4.79 Å². The van der Waals surface area contributed by atoms with E-state index in [4.69, 9.17) is 10.8 Å². The van der Waals surface area contributed by atoms with Gasteiger partial charge in [0.05, 0.1) is 6.42 Å². The van der Waals surface area contributed by atoms with Crippen LogP contribution in [0.5, 0.6) is 0 Å². The van der Waals surface area contributed by atoms with Crippen LogP contribution in [-0.2, 0) is 17.8 Å². The van der Waals surface area contributed by atoms with Crippen LogP contribution < -0.4 is 16.4 Å². The van der Waals surface area contributed by atoms with Crippen LogP contribution in [0.3, 0.4) is 0 Å². The smallest absolute Gasteiger partial charge is 0.312 e. The normalized spacial score (nSPS) is 10.1. The minimum atomic E-state index is -0.822. The molecule has 1 heterocycles. The molecular formula is C10H15N3O3S. The minimum absolute atomic E-state index is 0.0634. The van der Waals surface area contributed by atoms with E-state index in [0.717, 1.165) is 9.75 Å². The van der Waals surface area contributed by atoms with Gasteiger partial charge < -0.3 is 21.5 Å². The first-order valence-electron chi connectivity index (χ1n) is 5.11. The number of hydrogen-bond acceptors (Lipinski definition) is 4. The number of amides is 2. The summed E-state index contributed by atoms with van der Waals surface area (Å²) in [6.45, 7) is 1.75. The van der Waals surface area contributed by atoms with E-state index in [9.17, 15) is 9.59 Å². The number of carboxylic acid groups (broad SMARTS) is 1. The second-order valence-electron chi connectivity index (χ2n) is 3.41. The summed E-state index contributed by atoms with van der Waals surface area (Å²) < 4.78 is 0. The Morgan fingerprint density at radius 1 is 1.29 bits per heavy atom. The van der Waals surface area contributed by atoms with Crippen molar-refractivity contribution in [3.8, 4) is 0 Å². The van der Waals surface area contributed by atoms with Crippen LogP contribution in [0, 0.1) is 0 Å². The highest BCUT2D eigenvalue weighted by Crippen LogP contribution is 2.16. The second-order valence-corrected chi connectivity index (χ2v) is 4.66. The van der Waals surface area contributed by atoms with Crippen molar-refractivity contribution in [2.75, 3.05) is 13.1 Å². The Kier molecular flexibility index (Phi) is 5.44. The quantitative estimate of drug-likeness (QED) is 0.521. The molecule has 0 radical (unpaired) electrons. The number of hydrogen-bond donors (Lipinski definition) is 4. The van der Waals surface area contributed by atoms with Crippen molar-refractivity contribution in [2.45, 2.75) is 13.0 Å². The molecule has 0 bridgehead atoms. The number of carbonyl (C=O) groups excluding carboxylic acids is 1. The Labute approximate surface area is 103 Å². The van der Waals surface area contributed by atoms with Gasteiger partial charge in [0.25, 0.3) is 0 Å². The first-order chi connectivity index (χ1) is 8.08. The fourth-order valence-corrected chi connectivity index (χ4v) is 2.23. The van der Waals surface area contributed by atoms with Gasteiger partial charge in [-0.1, -0.05) is 0 Å². The molecular weight excluding hydrogens is 242 g/mol. The number of rotatable bonds is 7. The molecule has 0 unspecified atom stereocenters. The van der Waals surface area contributed by atoms with Crippen LogP contribution in [0.1, 0.15) is 9.75 Å². The molecule has 17 heavy (non-hydrogen) atoms. The molecule has 1 aromatic heterocycles. The van der Waals surface area contributed by atoms with E-state index in [-0.39, 0.29) is 6.42 Å². The molecule has 0 aliphatic heterocycles. The summed E-state index contributed by atoms with van der Waals surface area (Å²) in [5.74, 6) is -0.822. The van der Waals surface area contributed by atoms with Crippen molar-refractivity contribution >= 4 is 23.3 Å². The van der Waals surface area contributed by atoms with Gasteiger partial charge in [-0.15, -0.1) is 11.3 Å². The lowest BCUT2D eigenvalue weighted by Crippen LogP contribution is -2.35. The van der Waals surface area contributed by atoms with Gasteiger partial charge in [0.15, 0.2) is 0 Å². The van der Waals surface area contributed by atoms with Gasteiger partial charge in [-0.25, -0.2) is 4.79 Å². The highest BCUT2D eigenvalue weighted by Gasteiger charge is 2.04. The van der Waals surface area contributed by atoms with Gasteiger partial charge in [0.2, 0.25) is 0 Å². The summed E-state index contributed by atoms with van der Waals surface area (Å²) in [5, 5.41) is 14.2. The number of carbonyl (C=O) groups is 2.